The summed E-state index contributed by atoms with van der Waals surface area (Å²) in [6, 6.07) is 27.0. The Morgan fingerprint density at radius 3 is 1.78 bits per heavy atom. The van der Waals surface area contributed by atoms with Crippen molar-refractivity contribution in [2.45, 2.75) is 0 Å². The quantitative estimate of drug-likeness (QED) is 0.288. The number of carbonyl (C=O) groups excluding carboxylic acids is 1. The second-order valence-electron chi connectivity index (χ2n) is 5.40. The van der Waals surface area contributed by atoms with Crippen LogP contribution >= 0.6 is 0 Å². The Balaban J connectivity index is 1.94. The molecule has 23 heavy (non-hydrogen) atoms. The van der Waals surface area contributed by atoms with Crippen LogP contribution in [0, 0.1) is 0 Å². The first-order valence-electron chi connectivity index (χ1n) is 7.51. The van der Waals surface area contributed by atoms with E-state index in [-0.39, 0.29) is 5.97 Å². The molecule has 0 N–H and O–H groups in total. The summed E-state index contributed by atoms with van der Waals surface area (Å²) in [7, 11) is 0. The van der Waals surface area contributed by atoms with Crippen molar-refractivity contribution in [2.24, 2.45) is 0 Å². The van der Waals surface area contributed by atoms with Crippen molar-refractivity contribution in [3.8, 4) is 5.75 Å². The van der Waals surface area contributed by atoms with Gasteiger partial charge in [-0.05, 0) is 39.7 Å². The Hall–Kier alpha value is -3.13. The van der Waals surface area contributed by atoms with E-state index < -0.39 is 0 Å². The smallest absolute Gasteiger partial charge is 0.344 e. The van der Waals surface area contributed by atoms with Crippen LogP contribution in [0.15, 0.2) is 84.9 Å². The first-order chi connectivity index (χ1) is 11.3. The van der Waals surface area contributed by atoms with Crippen LogP contribution in [-0.4, -0.2) is 5.97 Å². The van der Waals surface area contributed by atoms with Gasteiger partial charge in [0.05, 0.1) is 5.56 Å². The molecule has 2 nitrogen and oxygen atoms in total. The minimum atomic E-state index is -0.329. The van der Waals surface area contributed by atoms with Crippen molar-refractivity contribution >= 4 is 27.5 Å². The lowest BCUT2D eigenvalue weighted by atomic mass is 9.97. The van der Waals surface area contributed by atoms with E-state index >= 15 is 0 Å². The largest absolute Gasteiger partial charge is 0.423 e. The minimum Gasteiger partial charge on any atom is -0.423 e. The molecule has 0 fully saturated rings. The topological polar surface area (TPSA) is 26.3 Å². The average molecular weight is 298 g/mol. The number of esters is 1. The van der Waals surface area contributed by atoms with Crippen molar-refractivity contribution in [3.63, 3.8) is 0 Å². The molecule has 0 spiro atoms. The van der Waals surface area contributed by atoms with E-state index in [1.807, 2.05) is 66.7 Å². The average Bonchev–Trinajstić information content (AvgIpc) is 2.60. The summed E-state index contributed by atoms with van der Waals surface area (Å²) in [5.41, 5.74) is 0.613. The summed E-state index contributed by atoms with van der Waals surface area (Å²) in [6.07, 6.45) is 0. The second-order valence-corrected chi connectivity index (χ2v) is 5.40. The number of carbonyl (C=O) groups is 1. The van der Waals surface area contributed by atoms with E-state index in [0.717, 1.165) is 21.5 Å². The van der Waals surface area contributed by atoms with Crippen LogP contribution in [0.1, 0.15) is 10.4 Å². The highest BCUT2D eigenvalue weighted by molar-refractivity contribution is 6.16. The molecule has 0 aromatic heterocycles. The molecule has 110 valence electrons. The number of rotatable bonds is 2. The molecule has 4 aromatic carbocycles. The van der Waals surface area contributed by atoms with Gasteiger partial charge < -0.3 is 4.74 Å². The SMILES string of the molecule is O=C(Oc1ccccc1)c1c2ccccc2cc2ccccc12. The summed E-state index contributed by atoms with van der Waals surface area (Å²) in [5, 5.41) is 3.89. The van der Waals surface area contributed by atoms with Crippen LogP contribution in [-0.2, 0) is 0 Å². The molecule has 0 aliphatic carbocycles. The molecular weight excluding hydrogens is 284 g/mol. The van der Waals surface area contributed by atoms with Crippen LogP contribution in [0.2, 0.25) is 0 Å². The van der Waals surface area contributed by atoms with Gasteiger partial charge in [-0.2, -0.15) is 0 Å². The normalized spacial score (nSPS) is 10.8. The predicted octanol–water partition coefficient (Wildman–Crippen LogP) is 5.21. The number of hydrogen-bond acceptors (Lipinski definition) is 2. The lowest BCUT2D eigenvalue weighted by molar-refractivity contribution is 0.0739. The zero-order chi connectivity index (χ0) is 15.6. The van der Waals surface area contributed by atoms with Crippen LogP contribution in [0.5, 0.6) is 5.75 Å². The molecule has 4 aromatic rings. The van der Waals surface area contributed by atoms with Gasteiger partial charge in [-0.3, -0.25) is 0 Å². The Labute approximate surface area is 133 Å². The molecule has 2 heteroatoms. The lowest BCUT2D eigenvalue weighted by Crippen LogP contribution is -2.10. The first-order valence-corrected chi connectivity index (χ1v) is 7.51. The van der Waals surface area contributed by atoms with Gasteiger partial charge in [-0.25, -0.2) is 4.79 Å². The van der Waals surface area contributed by atoms with Crippen molar-refractivity contribution in [3.05, 3.63) is 90.5 Å². The first kappa shape index (κ1) is 13.5. The summed E-state index contributed by atoms with van der Waals surface area (Å²) >= 11 is 0. The van der Waals surface area contributed by atoms with Gasteiger partial charge in [0.2, 0.25) is 0 Å². The third-order valence-corrected chi connectivity index (χ3v) is 3.93. The Kier molecular flexibility index (Phi) is 3.28. The molecule has 0 atom stereocenters. The minimum absolute atomic E-state index is 0.329. The highest BCUT2D eigenvalue weighted by atomic mass is 16.5. The third-order valence-electron chi connectivity index (χ3n) is 3.93. The van der Waals surface area contributed by atoms with Gasteiger partial charge in [0.25, 0.3) is 0 Å². The molecule has 0 saturated carbocycles. The number of fused-ring (bicyclic) bond motifs is 2. The zero-order valence-electron chi connectivity index (χ0n) is 12.4. The fourth-order valence-electron chi connectivity index (χ4n) is 2.88. The van der Waals surface area contributed by atoms with Crippen LogP contribution in [0.25, 0.3) is 21.5 Å². The summed E-state index contributed by atoms with van der Waals surface area (Å²) in [6.45, 7) is 0. The van der Waals surface area contributed by atoms with Crippen molar-refractivity contribution in [2.75, 3.05) is 0 Å². The third kappa shape index (κ3) is 2.44. The van der Waals surface area contributed by atoms with Gasteiger partial charge in [0.1, 0.15) is 5.75 Å². The van der Waals surface area contributed by atoms with E-state index in [1.54, 1.807) is 12.1 Å². The zero-order valence-corrected chi connectivity index (χ0v) is 12.4. The molecule has 0 bridgehead atoms. The summed E-state index contributed by atoms with van der Waals surface area (Å²) < 4.78 is 5.58. The number of benzene rings is 4. The predicted molar refractivity (Wildman–Crippen MR) is 92.9 cm³/mol. The molecule has 0 saturated heterocycles. The van der Waals surface area contributed by atoms with Gasteiger partial charge >= 0.3 is 5.97 Å². The molecule has 0 aliphatic heterocycles. The van der Waals surface area contributed by atoms with E-state index in [4.69, 9.17) is 4.74 Å². The van der Waals surface area contributed by atoms with Gasteiger partial charge in [-0.1, -0.05) is 66.7 Å². The van der Waals surface area contributed by atoms with E-state index in [0.29, 0.717) is 11.3 Å². The van der Waals surface area contributed by atoms with E-state index in [1.165, 1.54) is 0 Å². The molecule has 4 rings (SSSR count). The number of ether oxygens (including phenoxy) is 1. The van der Waals surface area contributed by atoms with Gasteiger partial charge in [-0.15, -0.1) is 0 Å². The highest BCUT2D eigenvalue weighted by Crippen LogP contribution is 2.29. The Bertz CT molecular complexity index is 950. The van der Waals surface area contributed by atoms with Crippen LogP contribution in [0.4, 0.5) is 0 Å². The monoisotopic (exact) mass is 298 g/mol. The van der Waals surface area contributed by atoms with E-state index in [2.05, 4.69) is 6.07 Å². The van der Waals surface area contributed by atoms with E-state index in [9.17, 15) is 4.79 Å². The van der Waals surface area contributed by atoms with Crippen LogP contribution < -0.4 is 4.74 Å². The number of hydrogen-bond donors (Lipinski definition) is 0. The standard InChI is InChI=1S/C21H14O2/c22-21(23-17-10-2-1-3-11-17)20-18-12-6-4-8-15(18)14-16-9-5-7-13-19(16)20/h1-14H. The van der Waals surface area contributed by atoms with Crippen molar-refractivity contribution in [1.29, 1.82) is 0 Å². The highest BCUT2D eigenvalue weighted by Gasteiger charge is 2.16. The van der Waals surface area contributed by atoms with Crippen molar-refractivity contribution in [1.82, 2.24) is 0 Å². The molecule has 0 aliphatic rings. The maximum atomic E-state index is 12.8. The second kappa shape index (κ2) is 5.58. The maximum Gasteiger partial charge on any atom is 0.344 e. The molecule has 0 heterocycles. The summed E-state index contributed by atoms with van der Waals surface area (Å²) in [5.74, 6) is 0.221. The maximum absolute atomic E-state index is 12.8. The molecule has 0 radical (unpaired) electrons. The Morgan fingerprint density at radius 1 is 0.652 bits per heavy atom. The molecule has 0 unspecified atom stereocenters. The number of para-hydroxylation sites is 1. The lowest BCUT2D eigenvalue weighted by Gasteiger charge is -2.11. The summed E-state index contributed by atoms with van der Waals surface area (Å²) in [4.78, 5) is 12.8. The van der Waals surface area contributed by atoms with Gasteiger partial charge in [0, 0.05) is 0 Å². The molecular formula is C21H14O2. The fraction of sp³-hybridized carbons (Fsp3) is 0. The van der Waals surface area contributed by atoms with Crippen molar-refractivity contribution < 1.29 is 9.53 Å². The molecule has 0 amide bonds. The Morgan fingerprint density at radius 2 is 1.17 bits per heavy atom. The van der Waals surface area contributed by atoms with Crippen LogP contribution in [0.3, 0.4) is 0 Å². The van der Waals surface area contributed by atoms with Gasteiger partial charge in [0.15, 0.2) is 0 Å². The fourth-order valence-corrected chi connectivity index (χ4v) is 2.88.